The minimum Gasteiger partial charge on any atom is -0.490 e. The van der Waals surface area contributed by atoms with Crippen LogP contribution in [0.1, 0.15) is 38.0 Å². The first-order valence-corrected chi connectivity index (χ1v) is 8.23. The van der Waals surface area contributed by atoms with Gasteiger partial charge in [0.25, 0.3) is 5.89 Å². The Kier molecular flexibility index (Phi) is 6.81. The van der Waals surface area contributed by atoms with Gasteiger partial charge in [0.1, 0.15) is 0 Å². The second-order valence-corrected chi connectivity index (χ2v) is 5.35. The smallest absolute Gasteiger partial charge is 0.250 e. The molecule has 0 aliphatic heterocycles. The molecule has 0 amide bonds. The van der Waals surface area contributed by atoms with Gasteiger partial charge in [0.15, 0.2) is 17.3 Å². The Morgan fingerprint density at radius 2 is 1.92 bits per heavy atom. The van der Waals surface area contributed by atoms with Gasteiger partial charge in [-0.2, -0.15) is 4.98 Å². The monoisotopic (exact) mass is 331 g/mol. The van der Waals surface area contributed by atoms with E-state index in [1.807, 2.05) is 45.2 Å². The van der Waals surface area contributed by atoms with E-state index >= 15 is 0 Å². The van der Waals surface area contributed by atoms with Crippen molar-refractivity contribution >= 4 is 12.2 Å². The van der Waals surface area contributed by atoms with Gasteiger partial charge in [-0.1, -0.05) is 11.2 Å². The summed E-state index contributed by atoms with van der Waals surface area (Å²) in [5.41, 5.74) is 0.977. The van der Waals surface area contributed by atoms with Gasteiger partial charge in [-0.05, 0) is 51.6 Å². The summed E-state index contributed by atoms with van der Waals surface area (Å²) in [5.74, 6) is 2.66. The molecule has 0 aliphatic carbocycles. The summed E-state index contributed by atoms with van der Waals surface area (Å²) in [6.07, 6.45) is 4.44. The summed E-state index contributed by atoms with van der Waals surface area (Å²) in [6.45, 7) is 7.16. The van der Waals surface area contributed by atoms with Crippen molar-refractivity contribution in [2.24, 2.45) is 0 Å². The van der Waals surface area contributed by atoms with Crippen molar-refractivity contribution in [1.82, 2.24) is 15.5 Å². The van der Waals surface area contributed by atoms with Crippen LogP contribution in [0.3, 0.4) is 0 Å². The summed E-state index contributed by atoms with van der Waals surface area (Å²) in [6, 6.07) is 6.11. The van der Waals surface area contributed by atoms with Crippen molar-refractivity contribution in [3.63, 3.8) is 0 Å². The lowest BCUT2D eigenvalue weighted by Gasteiger charge is -2.11. The lowest BCUT2D eigenvalue weighted by Crippen LogP contribution is -2.24. The van der Waals surface area contributed by atoms with E-state index in [-0.39, 0.29) is 0 Å². The molecule has 1 aromatic heterocycles. The van der Waals surface area contributed by atoms with Gasteiger partial charge in [0.05, 0.1) is 13.2 Å². The van der Waals surface area contributed by atoms with Gasteiger partial charge in [-0.15, -0.1) is 0 Å². The van der Waals surface area contributed by atoms with Gasteiger partial charge in [0, 0.05) is 18.5 Å². The topological polar surface area (TPSA) is 69.4 Å². The van der Waals surface area contributed by atoms with Gasteiger partial charge in [0.2, 0.25) is 0 Å². The molecule has 6 heteroatoms. The SMILES string of the molecule is CCOc1ccc(/C=C/c2nc(CC(C)NC)no2)cc1OCC. The Hall–Kier alpha value is -2.34. The molecule has 0 spiro atoms. The van der Waals surface area contributed by atoms with E-state index in [0.717, 1.165) is 23.5 Å². The molecule has 1 unspecified atom stereocenters. The quantitative estimate of drug-likeness (QED) is 0.761. The highest BCUT2D eigenvalue weighted by atomic mass is 16.5. The zero-order valence-corrected chi connectivity index (χ0v) is 14.7. The van der Waals surface area contributed by atoms with E-state index in [0.29, 0.717) is 31.0 Å². The van der Waals surface area contributed by atoms with E-state index in [2.05, 4.69) is 22.4 Å². The Morgan fingerprint density at radius 1 is 1.17 bits per heavy atom. The number of benzene rings is 1. The minimum absolute atomic E-state index is 0.305. The second-order valence-electron chi connectivity index (χ2n) is 5.35. The number of nitrogens with zero attached hydrogens (tertiary/aromatic N) is 2. The molecule has 0 aliphatic rings. The molecule has 0 fully saturated rings. The highest BCUT2D eigenvalue weighted by Crippen LogP contribution is 2.29. The molecule has 1 aromatic carbocycles. The number of hydrogen-bond acceptors (Lipinski definition) is 6. The summed E-state index contributed by atoms with van der Waals surface area (Å²) >= 11 is 0. The predicted octanol–water partition coefficient (Wildman–Crippen LogP) is 3.19. The molecule has 2 rings (SSSR count). The fourth-order valence-corrected chi connectivity index (χ4v) is 2.13. The Morgan fingerprint density at radius 3 is 2.62 bits per heavy atom. The zero-order chi connectivity index (χ0) is 17.4. The van der Waals surface area contributed by atoms with Gasteiger partial charge in [-0.25, -0.2) is 0 Å². The first-order chi connectivity index (χ1) is 11.7. The maximum Gasteiger partial charge on any atom is 0.250 e. The van der Waals surface area contributed by atoms with Crippen molar-refractivity contribution in [1.29, 1.82) is 0 Å². The maximum atomic E-state index is 5.63. The fourth-order valence-electron chi connectivity index (χ4n) is 2.13. The number of ether oxygens (including phenoxy) is 2. The first kappa shape index (κ1) is 18.0. The average Bonchev–Trinajstić information content (AvgIpc) is 3.02. The van der Waals surface area contributed by atoms with Crippen LogP contribution < -0.4 is 14.8 Å². The Balaban J connectivity index is 2.09. The molecule has 0 saturated heterocycles. The van der Waals surface area contributed by atoms with Crippen LogP contribution in [0.25, 0.3) is 12.2 Å². The summed E-state index contributed by atoms with van der Waals surface area (Å²) in [4.78, 5) is 4.36. The minimum atomic E-state index is 0.305. The van der Waals surface area contributed by atoms with Crippen LogP contribution in [-0.2, 0) is 6.42 Å². The highest BCUT2D eigenvalue weighted by molar-refractivity contribution is 5.67. The van der Waals surface area contributed by atoms with Crippen molar-refractivity contribution < 1.29 is 14.0 Å². The molecule has 0 saturated carbocycles. The number of likely N-dealkylation sites (N-methyl/N-ethyl adjacent to an activating group) is 1. The zero-order valence-electron chi connectivity index (χ0n) is 14.7. The molecule has 1 heterocycles. The van der Waals surface area contributed by atoms with Crippen LogP contribution >= 0.6 is 0 Å². The predicted molar refractivity (Wildman–Crippen MR) is 94.2 cm³/mol. The maximum absolute atomic E-state index is 5.63. The molecular weight excluding hydrogens is 306 g/mol. The molecule has 130 valence electrons. The van der Waals surface area contributed by atoms with E-state index in [1.165, 1.54) is 0 Å². The third kappa shape index (κ3) is 5.09. The van der Waals surface area contributed by atoms with Crippen LogP contribution in [-0.4, -0.2) is 36.4 Å². The molecule has 6 nitrogen and oxygen atoms in total. The third-order valence-corrected chi connectivity index (χ3v) is 3.45. The molecule has 2 aromatic rings. The van der Waals surface area contributed by atoms with E-state index in [9.17, 15) is 0 Å². The third-order valence-electron chi connectivity index (χ3n) is 3.45. The standard InChI is InChI=1S/C18H25N3O3/c1-5-22-15-9-7-14(12-16(15)23-6-2)8-10-18-20-17(21-24-18)11-13(3)19-4/h7-10,12-13,19H,5-6,11H2,1-4H3/b10-8+. The van der Waals surface area contributed by atoms with Gasteiger partial charge in [-0.3, -0.25) is 0 Å². The Labute approximate surface area is 142 Å². The normalized spacial score (nSPS) is 12.5. The Bertz CT molecular complexity index is 667. The molecule has 24 heavy (non-hydrogen) atoms. The van der Waals surface area contributed by atoms with Crippen LogP contribution in [0.15, 0.2) is 22.7 Å². The van der Waals surface area contributed by atoms with Crippen molar-refractivity contribution in [3.05, 3.63) is 35.5 Å². The van der Waals surface area contributed by atoms with E-state index in [1.54, 1.807) is 6.08 Å². The van der Waals surface area contributed by atoms with E-state index < -0.39 is 0 Å². The van der Waals surface area contributed by atoms with Crippen molar-refractivity contribution in [2.75, 3.05) is 20.3 Å². The van der Waals surface area contributed by atoms with Gasteiger partial charge < -0.3 is 19.3 Å². The first-order valence-electron chi connectivity index (χ1n) is 8.23. The van der Waals surface area contributed by atoms with Crippen molar-refractivity contribution in [3.8, 4) is 11.5 Å². The van der Waals surface area contributed by atoms with Crippen LogP contribution in [0.2, 0.25) is 0 Å². The molecule has 1 N–H and O–H groups in total. The van der Waals surface area contributed by atoms with Crippen LogP contribution in [0.4, 0.5) is 0 Å². The average molecular weight is 331 g/mol. The largest absolute Gasteiger partial charge is 0.490 e. The summed E-state index contributed by atoms with van der Waals surface area (Å²) in [7, 11) is 1.91. The number of rotatable bonds is 9. The number of hydrogen-bond donors (Lipinski definition) is 1. The van der Waals surface area contributed by atoms with Crippen LogP contribution in [0, 0.1) is 0 Å². The van der Waals surface area contributed by atoms with Gasteiger partial charge >= 0.3 is 0 Å². The lowest BCUT2D eigenvalue weighted by atomic mass is 10.2. The molecule has 0 radical (unpaired) electrons. The van der Waals surface area contributed by atoms with Crippen LogP contribution in [0.5, 0.6) is 11.5 Å². The number of nitrogens with one attached hydrogen (secondary N) is 1. The molecule has 1 atom stereocenters. The van der Waals surface area contributed by atoms with E-state index in [4.69, 9.17) is 14.0 Å². The number of aromatic nitrogens is 2. The molecular formula is C18H25N3O3. The lowest BCUT2D eigenvalue weighted by molar-refractivity contribution is 0.287. The highest BCUT2D eigenvalue weighted by Gasteiger charge is 2.08. The molecule has 0 bridgehead atoms. The van der Waals surface area contributed by atoms with Crippen molar-refractivity contribution in [2.45, 2.75) is 33.2 Å². The summed E-state index contributed by atoms with van der Waals surface area (Å²) in [5, 5.41) is 7.13. The summed E-state index contributed by atoms with van der Waals surface area (Å²) < 4.78 is 16.4. The fraction of sp³-hybridized carbons (Fsp3) is 0.444. The second kappa shape index (κ2) is 9.08.